The molecule has 0 aromatic heterocycles. The molecule has 2 fully saturated rings. The minimum absolute atomic E-state index is 0.0133. The fraction of sp³-hybridized carbons (Fsp3) is 0.882. The van der Waals surface area contributed by atoms with Crippen LogP contribution in [0.1, 0.15) is 48.5 Å². The summed E-state index contributed by atoms with van der Waals surface area (Å²) in [5, 5.41) is 0. The Kier molecular flexibility index (Phi) is 4.43. The van der Waals surface area contributed by atoms with E-state index in [1.54, 1.807) is 4.90 Å². The molecular formula is C17H31N3O3. The Bertz CT molecular complexity index is 492. The smallest absolute Gasteiger partial charge is 0.410 e. The SMILES string of the molecule is CC1C2CN(C(=O)C(N)C(C)(C)C)C1CN2C(=O)OC(C)(C)C. The van der Waals surface area contributed by atoms with Gasteiger partial charge in [0.15, 0.2) is 0 Å². The molecule has 6 nitrogen and oxygen atoms in total. The lowest BCUT2D eigenvalue weighted by Crippen LogP contribution is -2.57. The lowest BCUT2D eigenvalue weighted by Gasteiger charge is -2.38. The molecule has 4 unspecified atom stereocenters. The van der Waals surface area contributed by atoms with E-state index in [2.05, 4.69) is 6.92 Å². The van der Waals surface area contributed by atoms with Crippen LogP contribution in [0.3, 0.4) is 0 Å². The zero-order valence-electron chi connectivity index (χ0n) is 15.4. The maximum absolute atomic E-state index is 12.7. The standard InChI is InChI=1S/C17H31N3O3/c1-10-11-9-20(15(22)23-17(5,6)7)12(10)8-19(11)14(21)13(18)16(2,3)4/h10-13H,8-9,18H2,1-7H3. The van der Waals surface area contributed by atoms with Gasteiger partial charge in [0.25, 0.3) is 0 Å². The van der Waals surface area contributed by atoms with Crippen molar-refractivity contribution in [1.29, 1.82) is 0 Å². The number of carbonyl (C=O) groups excluding carboxylic acids is 2. The van der Waals surface area contributed by atoms with Crippen LogP contribution in [0, 0.1) is 11.3 Å². The van der Waals surface area contributed by atoms with Crippen molar-refractivity contribution in [2.75, 3.05) is 13.1 Å². The molecule has 2 heterocycles. The lowest BCUT2D eigenvalue weighted by molar-refractivity contribution is -0.137. The first-order valence-electron chi connectivity index (χ1n) is 8.38. The predicted octanol–water partition coefficient (Wildman–Crippen LogP) is 1.83. The molecule has 0 spiro atoms. The molecule has 4 atom stereocenters. The van der Waals surface area contributed by atoms with E-state index in [0.717, 1.165) is 0 Å². The van der Waals surface area contributed by atoms with Crippen molar-refractivity contribution < 1.29 is 14.3 Å². The summed E-state index contributed by atoms with van der Waals surface area (Å²) in [5.74, 6) is 0.235. The molecule has 2 bridgehead atoms. The quantitative estimate of drug-likeness (QED) is 0.798. The van der Waals surface area contributed by atoms with Crippen molar-refractivity contribution in [2.24, 2.45) is 17.1 Å². The van der Waals surface area contributed by atoms with E-state index in [9.17, 15) is 9.59 Å². The number of nitrogens with zero attached hydrogens (tertiary/aromatic N) is 2. The van der Waals surface area contributed by atoms with Crippen molar-refractivity contribution in [3.63, 3.8) is 0 Å². The van der Waals surface area contributed by atoms with Crippen molar-refractivity contribution in [3.05, 3.63) is 0 Å². The lowest BCUT2D eigenvalue weighted by atomic mass is 9.86. The number of hydrogen-bond acceptors (Lipinski definition) is 4. The predicted molar refractivity (Wildman–Crippen MR) is 88.8 cm³/mol. The highest BCUT2D eigenvalue weighted by molar-refractivity contribution is 5.84. The van der Waals surface area contributed by atoms with Gasteiger partial charge in [-0.15, -0.1) is 0 Å². The summed E-state index contributed by atoms with van der Waals surface area (Å²) < 4.78 is 5.48. The summed E-state index contributed by atoms with van der Waals surface area (Å²) in [6.45, 7) is 14.7. The van der Waals surface area contributed by atoms with Crippen LogP contribution in [-0.4, -0.2) is 58.6 Å². The van der Waals surface area contributed by atoms with Crippen molar-refractivity contribution in [3.8, 4) is 0 Å². The molecule has 0 aromatic rings. The highest BCUT2D eigenvalue weighted by atomic mass is 16.6. The number of ether oxygens (including phenoxy) is 1. The Morgan fingerprint density at radius 2 is 1.52 bits per heavy atom. The molecule has 23 heavy (non-hydrogen) atoms. The Morgan fingerprint density at radius 3 is 1.91 bits per heavy atom. The van der Waals surface area contributed by atoms with E-state index in [1.165, 1.54) is 0 Å². The van der Waals surface area contributed by atoms with Gasteiger partial charge in [0, 0.05) is 19.0 Å². The van der Waals surface area contributed by atoms with E-state index in [-0.39, 0.29) is 35.4 Å². The molecule has 2 aliphatic rings. The molecule has 0 aliphatic carbocycles. The molecule has 132 valence electrons. The minimum atomic E-state index is -0.524. The third kappa shape index (κ3) is 3.47. The van der Waals surface area contributed by atoms with Crippen LogP contribution >= 0.6 is 0 Å². The summed E-state index contributed by atoms with van der Waals surface area (Å²) in [5.41, 5.74) is 5.35. The second-order valence-electron chi connectivity index (χ2n) is 8.96. The number of amides is 2. The van der Waals surface area contributed by atoms with Crippen LogP contribution in [0.15, 0.2) is 0 Å². The van der Waals surface area contributed by atoms with Crippen LogP contribution in [0.4, 0.5) is 4.79 Å². The third-order valence-electron chi connectivity index (χ3n) is 4.89. The Labute approximate surface area is 139 Å². The van der Waals surface area contributed by atoms with Gasteiger partial charge in [-0.3, -0.25) is 4.79 Å². The first-order chi connectivity index (χ1) is 10.3. The number of piperazine rings is 1. The highest BCUT2D eigenvalue weighted by Crippen LogP contribution is 2.37. The molecule has 2 saturated heterocycles. The monoisotopic (exact) mass is 325 g/mol. The average molecular weight is 325 g/mol. The van der Waals surface area contributed by atoms with Gasteiger partial charge in [0.05, 0.1) is 18.1 Å². The fourth-order valence-electron chi connectivity index (χ4n) is 3.36. The van der Waals surface area contributed by atoms with Gasteiger partial charge in [-0.25, -0.2) is 4.79 Å². The number of nitrogens with two attached hydrogens (primary N) is 1. The number of carbonyl (C=O) groups is 2. The normalized spacial score (nSPS) is 29.0. The van der Waals surface area contributed by atoms with Gasteiger partial charge in [-0.2, -0.15) is 0 Å². The zero-order chi connectivity index (χ0) is 17.7. The van der Waals surface area contributed by atoms with Crippen LogP contribution < -0.4 is 5.73 Å². The molecule has 0 radical (unpaired) electrons. The van der Waals surface area contributed by atoms with Crippen molar-refractivity contribution >= 4 is 12.0 Å². The van der Waals surface area contributed by atoms with Crippen LogP contribution in [-0.2, 0) is 9.53 Å². The second-order valence-corrected chi connectivity index (χ2v) is 8.96. The number of fused-ring (bicyclic) bond motifs is 2. The minimum Gasteiger partial charge on any atom is -0.444 e. The van der Waals surface area contributed by atoms with Gasteiger partial charge in [0.1, 0.15) is 5.60 Å². The topological polar surface area (TPSA) is 75.9 Å². The van der Waals surface area contributed by atoms with E-state index in [4.69, 9.17) is 10.5 Å². The second kappa shape index (κ2) is 5.65. The number of likely N-dealkylation sites (tertiary alicyclic amines) is 2. The molecule has 2 amide bonds. The summed E-state index contributed by atoms with van der Waals surface area (Å²) in [6.07, 6.45) is -0.288. The van der Waals surface area contributed by atoms with Gasteiger partial charge >= 0.3 is 6.09 Å². The Hall–Kier alpha value is -1.30. The molecular weight excluding hydrogens is 294 g/mol. The molecule has 2 N–H and O–H groups in total. The zero-order valence-corrected chi connectivity index (χ0v) is 15.4. The van der Waals surface area contributed by atoms with Crippen LogP contribution in [0.5, 0.6) is 0 Å². The van der Waals surface area contributed by atoms with Gasteiger partial charge in [-0.1, -0.05) is 27.7 Å². The van der Waals surface area contributed by atoms with Crippen molar-refractivity contribution in [1.82, 2.24) is 9.80 Å². The number of rotatable bonds is 1. The summed E-state index contributed by atoms with van der Waals surface area (Å²) in [6, 6.07) is -0.469. The average Bonchev–Trinajstić information content (AvgIpc) is 2.87. The van der Waals surface area contributed by atoms with E-state index in [1.807, 2.05) is 46.4 Å². The van der Waals surface area contributed by atoms with Gasteiger partial charge in [0.2, 0.25) is 5.91 Å². The first kappa shape index (κ1) is 18.0. The Balaban J connectivity index is 2.07. The van der Waals surface area contributed by atoms with Gasteiger partial charge in [-0.05, 0) is 26.2 Å². The summed E-state index contributed by atoms with van der Waals surface area (Å²) in [7, 11) is 0. The molecule has 2 rings (SSSR count). The van der Waals surface area contributed by atoms with Crippen LogP contribution in [0.25, 0.3) is 0 Å². The highest BCUT2D eigenvalue weighted by Gasteiger charge is 2.54. The maximum atomic E-state index is 12.7. The van der Waals surface area contributed by atoms with Gasteiger partial charge < -0.3 is 20.3 Å². The van der Waals surface area contributed by atoms with E-state index >= 15 is 0 Å². The molecule has 6 heteroatoms. The Morgan fingerprint density at radius 1 is 1.04 bits per heavy atom. The molecule has 0 aromatic carbocycles. The maximum Gasteiger partial charge on any atom is 0.410 e. The van der Waals surface area contributed by atoms with Crippen LogP contribution in [0.2, 0.25) is 0 Å². The third-order valence-corrected chi connectivity index (χ3v) is 4.89. The summed E-state index contributed by atoms with van der Waals surface area (Å²) >= 11 is 0. The van der Waals surface area contributed by atoms with E-state index < -0.39 is 11.6 Å². The molecule has 2 aliphatic heterocycles. The summed E-state index contributed by atoms with van der Waals surface area (Å²) in [4.78, 5) is 28.7. The first-order valence-corrected chi connectivity index (χ1v) is 8.38. The number of hydrogen-bond donors (Lipinski definition) is 1. The van der Waals surface area contributed by atoms with Crippen molar-refractivity contribution in [2.45, 2.75) is 72.2 Å². The molecule has 0 saturated carbocycles. The fourth-order valence-corrected chi connectivity index (χ4v) is 3.36. The van der Waals surface area contributed by atoms with E-state index in [0.29, 0.717) is 13.1 Å². The largest absolute Gasteiger partial charge is 0.444 e.